The first-order chi connectivity index (χ1) is 11.9. The summed E-state index contributed by atoms with van der Waals surface area (Å²) in [5, 5.41) is 0. The van der Waals surface area contributed by atoms with E-state index in [2.05, 4.69) is 23.0 Å². The molecule has 25 heavy (non-hydrogen) atoms. The number of hydrogen-bond donors (Lipinski definition) is 0. The first-order valence-electron chi connectivity index (χ1n) is 9.54. The maximum absolute atomic E-state index is 13.0. The molecule has 0 radical (unpaired) electrons. The smallest absolute Gasteiger partial charge is 0.416 e. The summed E-state index contributed by atoms with van der Waals surface area (Å²) in [4.78, 5) is 21.9. The SMILES string of the molecule is CN1CCC[C@H]1c1cccnc1N(C(=O)OC(C)(C)C)C1CCCC1. The molecule has 0 unspecified atom stereocenters. The number of carbonyl (C=O) groups is 1. The lowest BCUT2D eigenvalue weighted by atomic mass is 10.0. The monoisotopic (exact) mass is 345 g/mol. The number of likely N-dealkylation sites (tertiary alicyclic amines) is 1. The highest BCUT2D eigenvalue weighted by Crippen LogP contribution is 2.38. The second-order valence-electron chi connectivity index (χ2n) is 8.34. The molecule has 1 saturated heterocycles. The average molecular weight is 345 g/mol. The Bertz CT molecular complexity index is 605. The molecule has 1 atom stereocenters. The van der Waals surface area contributed by atoms with Crippen molar-refractivity contribution in [1.82, 2.24) is 9.88 Å². The van der Waals surface area contributed by atoms with Gasteiger partial charge in [0.15, 0.2) is 0 Å². The standard InChI is InChI=1S/C20H31N3O2/c1-20(2,3)25-19(24)23(15-9-5-6-10-15)18-16(11-7-13-21-18)17-12-8-14-22(17)4/h7,11,13,15,17H,5-6,8-10,12,14H2,1-4H3/t17-/m0/s1. The zero-order valence-electron chi connectivity index (χ0n) is 16.0. The van der Waals surface area contributed by atoms with Crippen molar-refractivity contribution in [3.05, 3.63) is 23.9 Å². The molecule has 1 aliphatic heterocycles. The van der Waals surface area contributed by atoms with Gasteiger partial charge in [-0.05, 0) is 66.1 Å². The lowest BCUT2D eigenvalue weighted by molar-refractivity contribution is 0.0564. The summed E-state index contributed by atoms with van der Waals surface area (Å²) in [6, 6.07) is 4.62. The Labute approximate surface area is 151 Å². The zero-order valence-corrected chi connectivity index (χ0v) is 16.0. The fraction of sp³-hybridized carbons (Fsp3) is 0.700. The van der Waals surface area contributed by atoms with Gasteiger partial charge in [-0.15, -0.1) is 0 Å². The number of hydrogen-bond acceptors (Lipinski definition) is 4. The second kappa shape index (κ2) is 7.32. The third kappa shape index (κ3) is 4.14. The van der Waals surface area contributed by atoms with E-state index in [1.165, 1.54) is 6.42 Å². The lowest BCUT2D eigenvalue weighted by Crippen LogP contribution is -2.43. The summed E-state index contributed by atoms with van der Waals surface area (Å²) in [5.41, 5.74) is 0.646. The summed E-state index contributed by atoms with van der Waals surface area (Å²) in [6.45, 7) is 6.85. The normalized spacial score (nSPS) is 22.3. The van der Waals surface area contributed by atoms with Crippen molar-refractivity contribution in [2.75, 3.05) is 18.5 Å². The van der Waals surface area contributed by atoms with E-state index >= 15 is 0 Å². The minimum atomic E-state index is -0.507. The van der Waals surface area contributed by atoms with Gasteiger partial charge in [-0.25, -0.2) is 9.78 Å². The van der Waals surface area contributed by atoms with Crippen LogP contribution in [0.2, 0.25) is 0 Å². The van der Waals surface area contributed by atoms with Gasteiger partial charge in [0.25, 0.3) is 0 Å². The van der Waals surface area contributed by atoms with Crippen molar-refractivity contribution in [1.29, 1.82) is 0 Å². The van der Waals surface area contributed by atoms with E-state index in [0.717, 1.165) is 50.0 Å². The summed E-state index contributed by atoms with van der Waals surface area (Å²) >= 11 is 0. The summed E-state index contributed by atoms with van der Waals surface area (Å²) < 4.78 is 5.74. The lowest BCUT2D eigenvalue weighted by Gasteiger charge is -2.33. The van der Waals surface area contributed by atoms with Crippen molar-refractivity contribution in [2.45, 2.75) is 77.0 Å². The highest BCUT2D eigenvalue weighted by molar-refractivity contribution is 5.88. The Kier molecular flexibility index (Phi) is 5.32. The molecule has 2 heterocycles. The van der Waals surface area contributed by atoms with Gasteiger partial charge in [0.1, 0.15) is 11.4 Å². The number of amides is 1. The van der Waals surface area contributed by atoms with Gasteiger partial charge in [0.05, 0.1) is 0 Å². The van der Waals surface area contributed by atoms with Gasteiger partial charge < -0.3 is 4.74 Å². The third-order valence-electron chi connectivity index (χ3n) is 5.20. The van der Waals surface area contributed by atoms with E-state index in [1.807, 2.05) is 31.7 Å². The van der Waals surface area contributed by atoms with Gasteiger partial charge >= 0.3 is 6.09 Å². The van der Waals surface area contributed by atoms with Crippen LogP contribution in [0.5, 0.6) is 0 Å². The van der Waals surface area contributed by atoms with Gasteiger partial charge in [-0.3, -0.25) is 9.80 Å². The molecule has 0 spiro atoms. The van der Waals surface area contributed by atoms with Crippen molar-refractivity contribution < 1.29 is 9.53 Å². The maximum Gasteiger partial charge on any atom is 0.416 e. The third-order valence-corrected chi connectivity index (χ3v) is 5.20. The van der Waals surface area contributed by atoms with Gasteiger partial charge in [-0.2, -0.15) is 0 Å². The van der Waals surface area contributed by atoms with Crippen LogP contribution in [0.3, 0.4) is 0 Å². The van der Waals surface area contributed by atoms with Crippen LogP contribution >= 0.6 is 0 Å². The molecular formula is C20H31N3O2. The van der Waals surface area contributed by atoms with Crippen molar-refractivity contribution in [3.8, 4) is 0 Å². The Morgan fingerprint density at radius 2 is 1.96 bits per heavy atom. The molecule has 0 bridgehead atoms. The number of rotatable bonds is 3. The fourth-order valence-electron chi connectivity index (χ4n) is 4.06. The Hall–Kier alpha value is -1.62. The molecule has 1 amide bonds. The largest absolute Gasteiger partial charge is 0.443 e. The second-order valence-corrected chi connectivity index (χ2v) is 8.34. The number of anilines is 1. The molecule has 2 aliphatic rings. The highest BCUT2D eigenvalue weighted by atomic mass is 16.6. The minimum absolute atomic E-state index is 0.190. The number of carbonyl (C=O) groups excluding carboxylic acids is 1. The molecule has 138 valence electrons. The van der Waals surface area contributed by atoms with Crippen LogP contribution in [0.25, 0.3) is 0 Å². The van der Waals surface area contributed by atoms with E-state index in [9.17, 15) is 4.79 Å². The molecule has 0 aromatic carbocycles. The molecule has 1 aliphatic carbocycles. The van der Waals surface area contributed by atoms with Gasteiger partial charge in [-0.1, -0.05) is 18.9 Å². The maximum atomic E-state index is 13.0. The van der Waals surface area contributed by atoms with Crippen molar-refractivity contribution in [2.24, 2.45) is 0 Å². The molecular weight excluding hydrogens is 314 g/mol. The molecule has 0 N–H and O–H groups in total. The van der Waals surface area contributed by atoms with Crippen LogP contribution in [0.1, 0.15) is 70.9 Å². The van der Waals surface area contributed by atoms with Gasteiger partial charge in [0.2, 0.25) is 0 Å². The summed E-state index contributed by atoms with van der Waals surface area (Å²) in [5.74, 6) is 0.794. The molecule has 1 saturated carbocycles. The van der Waals surface area contributed by atoms with Crippen LogP contribution < -0.4 is 4.90 Å². The Morgan fingerprint density at radius 3 is 2.56 bits per heavy atom. The van der Waals surface area contributed by atoms with Gasteiger partial charge in [0, 0.05) is 23.8 Å². The fourth-order valence-corrected chi connectivity index (χ4v) is 4.06. The van der Waals surface area contributed by atoms with Crippen LogP contribution in [0, 0.1) is 0 Å². The molecule has 1 aromatic rings. The van der Waals surface area contributed by atoms with Crippen LogP contribution in [0.4, 0.5) is 10.6 Å². The molecule has 5 nitrogen and oxygen atoms in total. The minimum Gasteiger partial charge on any atom is -0.443 e. The predicted octanol–water partition coefficient (Wildman–Crippen LogP) is 4.53. The first kappa shape index (κ1) is 18.2. The van der Waals surface area contributed by atoms with Crippen molar-refractivity contribution >= 4 is 11.9 Å². The van der Waals surface area contributed by atoms with Crippen LogP contribution in [-0.4, -0.2) is 41.2 Å². The van der Waals surface area contributed by atoms with E-state index in [-0.39, 0.29) is 12.1 Å². The molecule has 5 heteroatoms. The van der Waals surface area contributed by atoms with E-state index < -0.39 is 5.60 Å². The molecule has 1 aromatic heterocycles. The molecule has 3 rings (SSSR count). The Balaban J connectivity index is 1.97. The number of pyridine rings is 1. The highest BCUT2D eigenvalue weighted by Gasteiger charge is 2.36. The van der Waals surface area contributed by atoms with Crippen LogP contribution in [-0.2, 0) is 4.74 Å². The zero-order chi connectivity index (χ0) is 18.0. The Morgan fingerprint density at radius 1 is 1.24 bits per heavy atom. The quantitative estimate of drug-likeness (QED) is 0.807. The van der Waals surface area contributed by atoms with Crippen molar-refractivity contribution in [3.63, 3.8) is 0 Å². The summed E-state index contributed by atoms with van der Waals surface area (Å²) in [7, 11) is 2.15. The number of ether oxygens (including phenoxy) is 1. The summed E-state index contributed by atoms with van der Waals surface area (Å²) in [6.07, 6.45) is 8.20. The average Bonchev–Trinajstić information content (AvgIpc) is 3.18. The van der Waals surface area contributed by atoms with Crippen LogP contribution in [0.15, 0.2) is 18.3 Å². The van der Waals surface area contributed by atoms with E-state index in [4.69, 9.17) is 4.74 Å². The molecule has 2 fully saturated rings. The topological polar surface area (TPSA) is 45.7 Å². The predicted molar refractivity (Wildman–Crippen MR) is 99.8 cm³/mol. The number of nitrogens with zero attached hydrogens (tertiary/aromatic N) is 3. The first-order valence-corrected chi connectivity index (χ1v) is 9.54. The van der Waals surface area contributed by atoms with E-state index in [0.29, 0.717) is 6.04 Å². The van der Waals surface area contributed by atoms with E-state index in [1.54, 1.807) is 6.20 Å². The number of aromatic nitrogens is 1.